The average molecular weight is 131 g/mol. The van der Waals surface area contributed by atoms with Crippen LogP contribution in [0.25, 0.3) is 0 Å². The summed E-state index contributed by atoms with van der Waals surface area (Å²) >= 11 is 0. The van der Waals surface area contributed by atoms with Crippen LogP contribution in [0.2, 0.25) is 0 Å². The molecule has 0 amide bonds. The zero-order chi connectivity index (χ0) is 7.28. The van der Waals surface area contributed by atoms with Crippen molar-refractivity contribution in [1.82, 2.24) is 5.32 Å². The Kier molecular flexibility index (Phi) is 4.21. The number of likely N-dealkylation sites (N-methyl/N-ethyl adjacent to an activating group) is 1. The van der Waals surface area contributed by atoms with E-state index >= 15 is 0 Å². The maximum atomic E-state index is 10.6. The molecular formula is C5H13N3O. The van der Waals surface area contributed by atoms with Gasteiger partial charge in [-0.05, 0) is 7.05 Å². The molecule has 0 aliphatic heterocycles. The van der Waals surface area contributed by atoms with E-state index < -0.39 is 6.04 Å². The third kappa shape index (κ3) is 3.18. The van der Waals surface area contributed by atoms with E-state index in [-0.39, 0.29) is 12.3 Å². The van der Waals surface area contributed by atoms with Crippen LogP contribution in [0.1, 0.15) is 0 Å². The Morgan fingerprint density at radius 1 is 1.78 bits per heavy atom. The minimum absolute atomic E-state index is 0.0306. The minimum atomic E-state index is -0.444. The van der Waals surface area contributed by atoms with E-state index in [4.69, 9.17) is 11.5 Å². The van der Waals surface area contributed by atoms with Crippen molar-refractivity contribution in [3.8, 4) is 0 Å². The monoisotopic (exact) mass is 131 g/mol. The van der Waals surface area contributed by atoms with Crippen molar-refractivity contribution in [2.24, 2.45) is 11.5 Å². The second-order valence-corrected chi connectivity index (χ2v) is 1.83. The smallest absolute Gasteiger partial charge is 0.164 e. The van der Waals surface area contributed by atoms with Gasteiger partial charge in [-0.3, -0.25) is 4.79 Å². The van der Waals surface area contributed by atoms with Gasteiger partial charge in [0.05, 0.1) is 12.6 Å². The first-order chi connectivity index (χ1) is 4.22. The molecule has 0 rings (SSSR count). The summed E-state index contributed by atoms with van der Waals surface area (Å²) in [5, 5.41) is 2.78. The number of hydrogen-bond donors (Lipinski definition) is 3. The van der Waals surface area contributed by atoms with Crippen LogP contribution in [0.15, 0.2) is 0 Å². The number of carbonyl (C=O) groups excluding carboxylic acids is 1. The highest BCUT2D eigenvalue weighted by Crippen LogP contribution is 1.75. The van der Waals surface area contributed by atoms with Crippen molar-refractivity contribution >= 4 is 5.78 Å². The summed E-state index contributed by atoms with van der Waals surface area (Å²) in [6.07, 6.45) is 0. The van der Waals surface area contributed by atoms with Gasteiger partial charge in [0.2, 0.25) is 0 Å². The van der Waals surface area contributed by atoms with Crippen LogP contribution in [0.3, 0.4) is 0 Å². The van der Waals surface area contributed by atoms with E-state index in [0.29, 0.717) is 6.54 Å². The predicted octanol–water partition coefficient (Wildman–Crippen LogP) is -1.94. The van der Waals surface area contributed by atoms with E-state index in [1.807, 2.05) is 0 Å². The highest BCUT2D eigenvalue weighted by molar-refractivity contribution is 5.85. The lowest BCUT2D eigenvalue weighted by Gasteiger charge is -2.06. The quantitative estimate of drug-likeness (QED) is 0.414. The fourth-order valence-corrected chi connectivity index (χ4v) is 0.485. The lowest BCUT2D eigenvalue weighted by molar-refractivity contribution is -0.118. The number of nitrogens with one attached hydrogen (secondary N) is 1. The van der Waals surface area contributed by atoms with Crippen LogP contribution in [0.5, 0.6) is 0 Å². The average Bonchev–Trinajstić information content (AvgIpc) is 1.87. The second-order valence-electron chi connectivity index (χ2n) is 1.83. The maximum Gasteiger partial charge on any atom is 0.164 e. The van der Waals surface area contributed by atoms with E-state index in [0.717, 1.165) is 0 Å². The van der Waals surface area contributed by atoms with Crippen molar-refractivity contribution in [2.45, 2.75) is 6.04 Å². The molecular weight excluding hydrogens is 118 g/mol. The number of rotatable bonds is 4. The second kappa shape index (κ2) is 4.43. The van der Waals surface area contributed by atoms with Crippen molar-refractivity contribution in [2.75, 3.05) is 20.1 Å². The number of carbonyl (C=O) groups is 1. The number of hydrogen-bond acceptors (Lipinski definition) is 4. The van der Waals surface area contributed by atoms with Crippen LogP contribution in [0.4, 0.5) is 0 Å². The predicted molar refractivity (Wildman–Crippen MR) is 36.0 cm³/mol. The molecule has 0 saturated carbocycles. The summed E-state index contributed by atoms with van der Waals surface area (Å²) in [4.78, 5) is 10.6. The van der Waals surface area contributed by atoms with E-state index in [1.165, 1.54) is 0 Å². The van der Waals surface area contributed by atoms with E-state index in [9.17, 15) is 4.79 Å². The van der Waals surface area contributed by atoms with Crippen molar-refractivity contribution in [3.05, 3.63) is 0 Å². The number of ketones is 1. The van der Waals surface area contributed by atoms with Crippen LogP contribution in [-0.2, 0) is 4.79 Å². The van der Waals surface area contributed by atoms with Gasteiger partial charge >= 0.3 is 0 Å². The zero-order valence-corrected chi connectivity index (χ0v) is 5.55. The minimum Gasteiger partial charge on any atom is -0.324 e. The molecule has 0 heterocycles. The van der Waals surface area contributed by atoms with E-state index in [2.05, 4.69) is 5.32 Å². The van der Waals surface area contributed by atoms with Crippen molar-refractivity contribution in [1.29, 1.82) is 0 Å². The lowest BCUT2D eigenvalue weighted by atomic mass is 10.2. The van der Waals surface area contributed by atoms with Crippen molar-refractivity contribution < 1.29 is 4.79 Å². The highest BCUT2D eigenvalue weighted by Gasteiger charge is 2.08. The fourth-order valence-electron chi connectivity index (χ4n) is 0.485. The van der Waals surface area contributed by atoms with Gasteiger partial charge in [-0.15, -0.1) is 0 Å². The van der Waals surface area contributed by atoms with Crippen LogP contribution in [-0.4, -0.2) is 32.0 Å². The molecule has 1 unspecified atom stereocenters. The Labute approximate surface area is 54.6 Å². The molecule has 9 heavy (non-hydrogen) atoms. The molecule has 0 aliphatic rings. The van der Waals surface area contributed by atoms with Gasteiger partial charge < -0.3 is 16.8 Å². The molecule has 4 heteroatoms. The van der Waals surface area contributed by atoms with Crippen molar-refractivity contribution in [3.63, 3.8) is 0 Å². The third-order valence-electron chi connectivity index (χ3n) is 1.04. The van der Waals surface area contributed by atoms with Crippen LogP contribution < -0.4 is 16.8 Å². The molecule has 0 radical (unpaired) electrons. The molecule has 0 fully saturated rings. The summed E-state index contributed by atoms with van der Waals surface area (Å²) < 4.78 is 0. The summed E-state index contributed by atoms with van der Waals surface area (Å²) in [6, 6.07) is -0.444. The Hall–Kier alpha value is -0.450. The Morgan fingerprint density at radius 3 is 2.67 bits per heavy atom. The Morgan fingerprint density at radius 2 is 2.33 bits per heavy atom. The molecule has 0 aromatic heterocycles. The molecule has 5 N–H and O–H groups in total. The lowest BCUT2D eigenvalue weighted by Crippen LogP contribution is -2.42. The van der Waals surface area contributed by atoms with Gasteiger partial charge in [-0.2, -0.15) is 0 Å². The molecule has 1 atom stereocenters. The number of nitrogens with two attached hydrogens (primary N) is 2. The van der Waals surface area contributed by atoms with Gasteiger partial charge in [0, 0.05) is 6.54 Å². The summed E-state index contributed by atoms with van der Waals surface area (Å²) in [7, 11) is 1.74. The van der Waals surface area contributed by atoms with Gasteiger partial charge in [0.25, 0.3) is 0 Å². The first-order valence-electron chi connectivity index (χ1n) is 2.85. The van der Waals surface area contributed by atoms with Gasteiger partial charge in [0.1, 0.15) is 0 Å². The molecule has 54 valence electrons. The summed E-state index contributed by atoms with van der Waals surface area (Å²) in [5.41, 5.74) is 10.4. The summed E-state index contributed by atoms with van der Waals surface area (Å²) in [5.74, 6) is -0.107. The Balaban J connectivity index is 3.45. The summed E-state index contributed by atoms with van der Waals surface area (Å²) in [6.45, 7) is 0.527. The first-order valence-corrected chi connectivity index (χ1v) is 2.85. The molecule has 0 saturated heterocycles. The fraction of sp³-hybridized carbons (Fsp3) is 0.800. The van der Waals surface area contributed by atoms with Gasteiger partial charge in [-0.25, -0.2) is 0 Å². The van der Waals surface area contributed by atoms with Crippen LogP contribution in [0, 0.1) is 0 Å². The first kappa shape index (κ1) is 8.55. The molecule has 0 spiro atoms. The zero-order valence-electron chi connectivity index (χ0n) is 5.55. The molecule has 0 aliphatic carbocycles. The normalized spacial score (nSPS) is 13.2. The van der Waals surface area contributed by atoms with Gasteiger partial charge in [-0.1, -0.05) is 0 Å². The van der Waals surface area contributed by atoms with Crippen LogP contribution >= 0.6 is 0 Å². The molecule has 4 nitrogen and oxygen atoms in total. The number of Topliss-reactive ketones (excluding diaryl/α,β-unsaturated/α-hetero) is 1. The van der Waals surface area contributed by atoms with Gasteiger partial charge in [0.15, 0.2) is 5.78 Å². The largest absolute Gasteiger partial charge is 0.324 e. The SMILES string of the molecule is CNCC(N)C(=O)CN. The third-order valence-corrected chi connectivity index (χ3v) is 1.04. The Bertz CT molecular complexity index is 94.2. The standard InChI is InChI=1S/C5H13N3O/c1-8-3-4(7)5(9)2-6/h4,8H,2-3,6-7H2,1H3. The van der Waals surface area contributed by atoms with E-state index in [1.54, 1.807) is 7.05 Å². The highest BCUT2D eigenvalue weighted by atomic mass is 16.1. The molecule has 0 aromatic carbocycles. The molecule has 0 bridgehead atoms. The molecule has 0 aromatic rings. The maximum absolute atomic E-state index is 10.6. The topological polar surface area (TPSA) is 81.1 Å².